The van der Waals surface area contributed by atoms with Crippen molar-refractivity contribution in [3.05, 3.63) is 29.3 Å². The van der Waals surface area contributed by atoms with Crippen LogP contribution in [0.25, 0.3) is 0 Å². The van der Waals surface area contributed by atoms with Crippen LogP contribution in [-0.4, -0.2) is 42.0 Å². The molecule has 0 aliphatic carbocycles. The molecule has 18 heavy (non-hydrogen) atoms. The van der Waals surface area contributed by atoms with E-state index in [1.165, 1.54) is 7.11 Å². The third-order valence-electron chi connectivity index (χ3n) is 2.78. The second-order valence-corrected chi connectivity index (χ2v) is 4.52. The predicted molar refractivity (Wildman–Crippen MR) is 67.8 cm³/mol. The van der Waals surface area contributed by atoms with E-state index in [4.69, 9.17) is 14.9 Å². The summed E-state index contributed by atoms with van der Waals surface area (Å²) in [5, 5.41) is 20.8. The number of nitrogens with one attached hydrogen (secondary N) is 1. The van der Waals surface area contributed by atoms with E-state index in [2.05, 4.69) is 5.32 Å². The van der Waals surface area contributed by atoms with Gasteiger partial charge in [-0.2, -0.15) is 0 Å². The Hall–Kier alpha value is -1.59. The van der Waals surface area contributed by atoms with Gasteiger partial charge in [-0.25, -0.2) is 0 Å². The number of carbonyl (C=O) groups is 1. The van der Waals surface area contributed by atoms with Crippen molar-refractivity contribution in [3.8, 4) is 5.75 Å². The highest BCUT2D eigenvalue weighted by Gasteiger charge is 2.25. The van der Waals surface area contributed by atoms with Crippen LogP contribution in [0.1, 0.15) is 22.8 Å². The van der Waals surface area contributed by atoms with Gasteiger partial charge in [-0.3, -0.25) is 4.79 Å². The summed E-state index contributed by atoms with van der Waals surface area (Å²) in [6, 6.07) is 5.07. The smallest absolute Gasteiger partial charge is 0.251 e. The van der Waals surface area contributed by atoms with Crippen LogP contribution in [0.4, 0.5) is 0 Å². The van der Waals surface area contributed by atoms with Gasteiger partial charge >= 0.3 is 0 Å². The summed E-state index contributed by atoms with van der Waals surface area (Å²) in [5.74, 6) is 0.260. The molecule has 0 aromatic heterocycles. The number of aryl methyl sites for hydroxylation is 1. The van der Waals surface area contributed by atoms with Gasteiger partial charge < -0.3 is 20.3 Å². The first kappa shape index (κ1) is 14.5. The van der Waals surface area contributed by atoms with E-state index in [9.17, 15) is 4.79 Å². The molecular formula is C13H19NO4. The molecule has 0 fully saturated rings. The van der Waals surface area contributed by atoms with Crippen molar-refractivity contribution in [2.45, 2.75) is 19.4 Å². The first-order valence-electron chi connectivity index (χ1n) is 5.64. The normalized spacial score (nSPS) is 11.2. The molecule has 0 radical (unpaired) electrons. The van der Waals surface area contributed by atoms with Crippen LogP contribution in [0, 0.1) is 6.92 Å². The fourth-order valence-corrected chi connectivity index (χ4v) is 1.44. The van der Waals surface area contributed by atoms with E-state index >= 15 is 0 Å². The van der Waals surface area contributed by atoms with Gasteiger partial charge in [0.15, 0.2) is 0 Å². The number of aliphatic hydroxyl groups is 2. The number of ether oxygens (including phenoxy) is 1. The molecule has 3 N–H and O–H groups in total. The average Bonchev–Trinajstić information content (AvgIpc) is 2.39. The molecule has 0 aliphatic heterocycles. The van der Waals surface area contributed by atoms with Crippen molar-refractivity contribution in [3.63, 3.8) is 0 Å². The summed E-state index contributed by atoms with van der Waals surface area (Å²) in [7, 11) is 1.54. The van der Waals surface area contributed by atoms with E-state index in [0.717, 1.165) is 5.56 Å². The summed E-state index contributed by atoms with van der Waals surface area (Å²) in [4.78, 5) is 12.0. The minimum atomic E-state index is -1.03. The van der Waals surface area contributed by atoms with Crippen LogP contribution in [-0.2, 0) is 0 Å². The maximum absolute atomic E-state index is 12.0. The van der Waals surface area contributed by atoms with Gasteiger partial charge in [-0.05, 0) is 31.5 Å². The molecule has 0 aliphatic rings. The molecule has 5 heteroatoms. The van der Waals surface area contributed by atoms with Gasteiger partial charge in [0.2, 0.25) is 0 Å². The lowest BCUT2D eigenvalue weighted by Crippen LogP contribution is -2.51. The second kappa shape index (κ2) is 5.84. The maximum atomic E-state index is 12.0. The zero-order valence-electron chi connectivity index (χ0n) is 10.9. The van der Waals surface area contributed by atoms with Gasteiger partial charge in [-0.1, -0.05) is 6.07 Å². The molecule has 0 unspecified atom stereocenters. The minimum Gasteiger partial charge on any atom is -0.496 e. The largest absolute Gasteiger partial charge is 0.496 e. The van der Waals surface area contributed by atoms with Gasteiger partial charge in [-0.15, -0.1) is 0 Å². The molecule has 0 bridgehead atoms. The molecule has 1 rings (SSSR count). The Labute approximate surface area is 106 Å². The third-order valence-corrected chi connectivity index (χ3v) is 2.78. The number of aliphatic hydroxyl groups excluding tert-OH is 2. The Morgan fingerprint density at radius 2 is 2.00 bits per heavy atom. The minimum absolute atomic E-state index is 0.335. The zero-order chi connectivity index (χ0) is 13.8. The van der Waals surface area contributed by atoms with Crippen molar-refractivity contribution in [2.24, 2.45) is 0 Å². The molecule has 0 atom stereocenters. The van der Waals surface area contributed by atoms with Gasteiger partial charge in [0.05, 0.1) is 25.9 Å². The Balaban J connectivity index is 2.91. The van der Waals surface area contributed by atoms with Crippen LogP contribution in [0.5, 0.6) is 5.75 Å². The third kappa shape index (κ3) is 3.21. The Morgan fingerprint density at radius 1 is 1.39 bits per heavy atom. The molecule has 5 nitrogen and oxygen atoms in total. The molecule has 1 aromatic carbocycles. The van der Waals surface area contributed by atoms with Gasteiger partial charge in [0.1, 0.15) is 5.75 Å². The lowest BCUT2D eigenvalue weighted by atomic mass is 10.0. The van der Waals surface area contributed by atoms with E-state index in [0.29, 0.717) is 11.3 Å². The number of rotatable bonds is 5. The van der Waals surface area contributed by atoms with Crippen LogP contribution in [0.2, 0.25) is 0 Å². The summed E-state index contributed by atoms with van der Waals surface area (Å²) in [5.41, 5.74) is 0.321. The SMILES string of the molecule is COc1cc(C(=O)NC(C)(CO)CO)ccc1C. The van der Waals surface area contributed by atoms with E-state index in [1.807, 2.05) is 6.92 Å². The van der Waals surface area contributed by atoms with E-state index in [-0.39, 0.29) is 19.1 Å². The van der Waals surface area contributed by atoms with Crippen LogP contribution >= 0.6 is 0 Å². The highest BCUT2D eigenvalue weighted by Crippen LogP contribution is 2.19. The summed E-state index contributed by atoms with van der Waals surface area (Å²) < 4.78 is 5.14. The molecule has 0 heterocycles. The van der Waals surface area contributed by atoms with Crippen LogP contribution in [0.15, 0.2) is 18.2 Å². The Morgan fingerprint density at radius 3 is 2.50 bits per heavy atom. The molecule has 0 saturated heterocycles. The highest BCUT2D eigenvalue weighted by molar-refractivity contribution is 5.95. The number of hydrogen-bond donors (Lipinski definition) is 3. The predicted octanol–water partition coefficient (Wildman–Crippen LogP) is 0.477. The number of carbonyl (C=O) groups excluding carboxylic acids is 1. The maximum Gasteiger partial charge on any atom is 0.251 e. The van der Waals surface area contributed by atoms with Crippen molar-refractivity contribution in [2.75, 3.05) is 20.3 Å². The van der Waals surface area contributed by atoms with Crippen molar-refractivity contribution in [1.82, 2.24) is 5.32 Å². The number of hydrogen-bond acceptors (Lipinski definition) is 4. The Kier molecular flexibility index (Phi) is 4.69. The topological polar surface area (TPSA) is 78.8 Å². The molecule has 1 aromatic rings. The van der Waals surface area contributed by atoms with Crippen LogP contribution in [0.3, 0.4) is 0 Å². The lowest BCUT2D eigenvalue weighted by molar-refractivity contribution is 0.0723. The molecule has 100 valence electrons. The summed E-state index contributed by atoms with van der Waals surface area (Å²) in [6.07, 6.45) is 0. The van der Waals surface area contributed by atoms with Gasteiger partial charge in [0.25, 0.3) is 5.91 Å². The standard InChI is InChI=1S/C13H19NO4/c1-9-4-5-10(6-11(9)18-3)12(17)14-13(2,7-15)8-16/h4-6,15-16H,7-8H2,1-3H3,(H,14,17). The second-order valence-electron chi connectivity index (χ2n) is 4.52. The number of amides is 1. The van der Waals surface area contributed by atoms with Gasteiger partial charge in [0, 0.05) is 5.56 Å². The van der Waals surface area contributed by atoms with Crippen LogP contribution < -0.4 is 10.1 Å². The Bertz CT molecular complexity index is 427. The number of benzene rings is 1. The van der Waals surface area contributed by atoms with E-state index in [1.54, 1.807) is 25.1 Å². The van der Waals surface area contributed by atoms with Crippen molar-refractivity contribution in [1.29, 1.82) is 0 Å². The first-order chi connectivity index (χ1) is 8.45. The molecule has 1 amide bonds. The monoisotopic (exact) mass is 253 g/mol. The molecule has 0 spiro atoms. The van der Waals surface area contributed by atoms with Crippen molar-refractivity contribution >= 4 is 5.91 Å². The average molecular weight is 253 g/mol. The quantitative estimate of drug-likeness (QED) is 0.713. The van der Waals surface area contributed by atoms with Crippen molar-refractivity contribution < 1.29 is 19.7 Å². The zero-order valence-corrected chi connectivity index (χ0v) is 10.9. The van der Waals surface area contributed by atoms with E-state index < -0.39 is 5.54 Å². The number of methoxy groups -OCH3 is 1. The summed E-state index contributed by atoms with van der Waals surface area (Å²) in [6.45, 7) is 2.78. The fourth-order valence-electron chi connectivity index (χ4n) is 1.44. The summed E-state index contributed by atoms with van der Waals surface area (Å²) >= 11 is 0. The lowest BCUT2D eigenvalue weighted by Gasteiger charge is -2.26. The fraction of sp³-hybridized carbons (Fsp3) is 0.462. The molecule has 0 saturated carbocycles. The molecular weight excluding hydrogens is 234 g/mol. The highest BCUT2D eigenvalue weighted by atomic mass is 16.5. The first-order valence-corrected chi connectivity index (χ1v) is 5.64.